The normalized spacial score (nSPS) is 8.57. The van der Waals surface area contributed by atoms with E-state index in [1.54, 1.807) is 5.87 Å². The van der Waals surface area contributed by atoms with Crippen molar-refractivity contribution >= 4 is 5.87 Å². The topological polar surface area (TPSA) is 95.2 Å². The highest BCUT2D eigenvalue weighted by Crippen LogP contribution is 2.05. The van der Waals surface area contributed by atoms with Gasteiger partial charge in [-0.25, -0.2) is 4.39 Å². The molecule has 0 aromatic carbocycles. The lowest BCUT2D eigenvalue weighted by molar-refractivity contribution is 0.666. The Hall–Kier alpha value is -2.67. The zero-order valence-electron chi connectivity index (χ0n) is 6.87. The molecule has 0 bridgehead atoms. The minimum absolute atomic E-state index is 0.325. The Morgan fingerprint density at radius 3 is 2.00 bits per heavy atom. The molecule has 0 heterocycles. The quantitative estimate of drug-likeness (QED) is 0.402. The van der Waals surface area contributed by atoms with Crippen LogP contribution in [0.15, 0.2) is 29.1 Å². The molecule has 66 valence electrons. The number of nitriles is 3. The molecular weight excluding hydrogens is 183 g/mol. The lowest BCUT2D eigenvalue weighted by Gasteiger charge is -1.84. The zero-order valence-corrected chi connectivity index (χ0v) is 6.87. The van der Waals surface area contributed by atoms with E-state index >= 15 is 0 Å². The molecule has 0 aromatic rings. The van der Waals surface area contributed by atoms with Gasteiger partial charge in [0.15, 0.2) is 0 Å². The van der Waals surface area contributed by atoms with Gasteiger partial charge in [-0.05, 0) is 5.87 Å². The fraction of sp³-hybridized carbons (Fsp3) is 0. The minimum Gasteiger partial charge on any atom is -0.258 e. The van der Waals surface area contributed by atoms with Gasteiger partial charge < -0.3 is 0 Å². The van der Waals surface area contributed by atoms with Gasteiger partial charge >= 0.3 is 0 Å². The first-order valence-electron chi connectivity index (χ1n) is 3.26. The lowest BCUT2D eigenvalue weighted by Crippen LogP contribution is -1.77. The Balaban J connectivity index is 5.05. The van der Waals surface area contributed by atoms with E-state index in [0.29, 0.717) is 12.2 Å². The second-order valence-electron chi connectivity index (χ2n) is 1.96. The fourth-order valence-corrected chi connectivity index (χ4v) is 0.503. The van der Waals surface area contributed by atoms with Crippen LogP contribution in [0.2, 0.25) is 0 Å². The van der Waals surface area contributed by atoms with Crippen molar-refractivity contribution in [3.8, 4) is 18.2 Å². The van der Waals surface area contributed by atoms with Crippen LogP contribution in [0, 0.1) is 39.4 Å². The first-order chi connectivity index (χ1) is 6.67. The third-order valence-corrected chi connectivity index (χ3v) is 1.06. The SMILES string of the molecule is N#CC(=C=N)C=C(F)C=C(C#N)C#N. The maximum atomic E-state index is 12.8. The summed E-state index contributed by atoms with van der Waals surface area (Å²) in [6.45, 7) is 0. The van der Waals surface area contributed by atoms with Gasteiger partial charge in [0.25, 0.3) is 0 Å². The summed E-state index contributed by atoms with van der Waals surface area (Å²) in [6.07, 6.45) is 1.39. The molecule has 0 rings (SSSR count). The standard InChI is InChI=1S/C9H3FN4/c10-9(1-7(3-11)4-12)2-8(5-13)6-14/h1-2,11H. The van der Waals surface area contributed by atoms with Crippen LogP contribution in [0.25, 0.3) is 0 Å². The zero-order chi connectivity index (χ0) is 11.0. The molecule has 4 nitrogen and oxygen atoms in total. The molecule has 0 saturated heterocycles. The molecule has 0 aromatic heterocycles. The van der Waals surface area contributed by atoms with Crippen molar-refractivity contribution in [3.63, 3.8) is 0 Å². The average molecular weight is 186 g/mol. The van der Waals surface area contributed by atoms with Gasteiger partial charge in [-0.15, -0.1) is 0 Å². The van der Waals surface area contributed by atoms with Gasteiger partial charge in [0, 0.05) is 12.2 Å². The van der Waals surface area contributed by atoms with Gasteiger partial charge in [-0.2, -0.15) is 15.8 Å². The molecule has 14 heavy (non-hydrogen) atoms. The van der Waals surface area contributed by atoms with Gasteiger partial charge in [-0.3, -0.25) is 5.41 Å². The molecule has 0 amide bonds. The molecular formula is C9H3FN4. The van der Waals surface area contributed by atoms with Crippen molar-refractivity contribution in [2.45, 2.75) is 0 Å². The Kier molecular flexibility index (Phi) is 4.79. The third kappa shape index (κ3) is 3.64. The molecule has 0 aliphatic carbocycles. The van der Waals surface area contributed by atoms with Crippen molar-refractivity contribution in [1.29, 1.82) is 21.2 Å². The van der Waals surface area contributed by atoms with E-state index in [-0.39, 0.29) is 5.57 Å². The van der Waals surface area contributed by atoms with Crippen LogP contribution in [0.5, 0.6) is 0 Å². The number of allylic oxidation sites excluding steroid dienone is 5. The van der Waals surface area contributed by atoms with Crippen LogP contribution in [-0.4, -0.2) is 5.87 Å². The van der Waals surface area contributed by atoms with Gasteiger partial charge in [0.05, 0.1) is 0 Å². The summed E-state index contributed by atoms with van der Waals surface area (Å²) in [5, 5.41) is 31.4. The van der Waals surface area contributed by atoms with Crippen LogP contribution in [0.4, 0.5) is 4.39 Å². The minimum atomic E-state index is -0.945. The number of hydrogen-bond acceptors (Lipinski definition) is 4. The molecule has 0 spiro atoms. The summed E-state index contributed by atoms with van der Waals surface area (Å²) in [6, 6.07) is 4.40. The summed E-state index contributed by atoms with van der Waals surface area (Å²) in [4.78, 5) is 0. The number of nitrogens with zero attached hydrogens (tertiary/aromatic N) is 3. The first-order valence-corrected chi connectivity index (χ1v) is 3.26. The summed E-state index contributed by atoms with van der Waals surface area (Å²) < 4.78 is 12.8. The number of nitrogens with one attached hydrogen (secondary N) is 1. The monoisotopic (exact) mass is 186 g/mol. The Morgan fingerprint density at radius 2 is 1.64 bits per heavy atom. The van der Waals surface area contributed by atoms with Crippen LogP contribution in [0.1, 0.15) is 0 Å². The van der Waals surface area contributed by atoms with Crippen LogP contribution in [-0.2, 0) is 0 Å². The van der Waals surface area contributed by atoms with E-state index in [4.69, 9.17) is 21.2 Å². The van der Waals surface area contributed by atoms with E-state index < -0.39 is 11.4 Å². The predicted molar refractivity (Wildman–Crippen MR) is 45.4 cm³/mol. The second kappa shape index (κ2) is 5.91. The summed E-state index contributed by atoms with van der Waals surface area (Å²) in [5.41, 5.74) is -0.741. The number of halogens is 1. The maximum absolute atomic E-state index is 12.8. The molecule has 0 fully saturated rings. The number of hydrogen-bond donors (Lipinski definition) is 1. The summed E-state index contributed by atoms with van der Waals surface area (Å²) in [5.74, 6) is 0.741. The van der Waals surface area contributed by atoms with E-state index in [9.17, 15) is 4.39 Å². The van der Waals surface area contributed by atoms with Crippen molar-refractivity contribution in [2.75, 3.05) is 0 Å². The van der Waals surface area contributed by atoms with Crippen molar-refractivity contribution in [3.05, 3.63) is 29.1 Å². The molecule has 5 heteroatoms. The second-order valence-corrected chi connectivity index (χ2v) is 1.96. The van der Waals surface area contributed by atoms with Gasteiger partial charge in [-0.1, -0.05) is 0 Å². The van der Waals surface area contributed by atoms with E-state index in [2.05, 4.69) is 0 Å². The van der Waals surface area contributed by atoms with E-state index in [0.717, 1.165) is 0 Å². The molecule has 0 atom stereocenters. The van der Waals surface area contributed by atoms with E-state index in [1.165, 1.54) is 18.2 Å². The molecule has 0 unspecified atom stereocenters. The summed E-state index contributed by atoms with van der Waals surface area (Å²) in [7, 11) is 0. The lowest BCUT2D eigenvalue weighted by atomic mass is 10.2. The summed E-state index contributed by atoms with van der Waals surface area (Å²) >= 11 is 0. The van der Waals surface area contributed by atoms with Crippen LogP contribution >= 0.6 is 0 Å². The first kappa shape index (κ1) is 11.3. The Morgan fingerprint density at radius 1 is 1.07 bits per heavy atom. The highest BCUT2D eigenvalue weighted by Gasteiger charge is 1.97. The molecule has 0 saturated carbocycles. The highest BCUT2D eigenvalue weighted by atomic mass is 19.1. The average Bonchev–Trinajstić information content (AvgIpc) is 2.22. The Labute approximate surface area is 79.6 Å². The van der Waals surface area contributed by atoms with Crippen LogP contribution < -0.4 is 0 Å². The molecule has 1 N–H and O–H groups in total. The predicted octanol–water partition coefficient (Wildman–Crippen LogP) is 1.51. The van der Waals surface area contributed by atoms with E-state index in [1.807, 2.05) is 0 Å². The van der Waals surface area contributed by atoms with Crippen LogP contribution in [0.3, 0.4) is 0 Å². The smallest absolute Gasteiger partial charge is 0.132 e. The Bertz CT molecular complexity index is 443. The van der Waals surface area contributed by atoms with Gasteiger partial charge in [0.2, 0.25) is 0 Å². The maximum Gasteiger partial charge on any atom is 0.132 e. The van der Waals surface area contributed by atoms with Gasteiger partial charge in [0.1, 0.15) is 35.2 Å². The van der Waals surface area contributed by atoms with Crippen molar-refractivity contribution in [2.24, 2.45) is 0 Å². The van der Waals surface area contributed by atoms with Crippen molar-refractivity contribution < 1.29 is 4.39 Å². The molecule has 0 radical (unpaired) electrons. The van der Waals surface area contributed by atoms with Crippen molar-refractivity contribution in [1.82, 2.24) is 0 Å². The molecule has 0 aliphatic heterocycles. The third-order valence-electron chi connectivity index (χ3n) is 1.06. The highest BCUT2D eigenvalue weighted by molar-refractivity contribution is 5.65. The largest absolute Gasteiger partial charge is 0.258 e. The number of rotatable bonds is 2. The molecule has 0 aliphatic rings. The fourth-order valence-electron chi connectivity index (χ4n) is 0.503.